The number of amides is 1. The molecule has 0 saturated heterocycles. The van der Waals surface area contributed by atoms with Crippen LogP contribution < -0.4 is 15.8 Å². The number of carbonyl (C=O) groups is 1. The first-order valence-corrected chi connectivity index (χ1v) is 5.72. The van der Waals surface area contributed by atoms with Gasteiger partial charge in [0.25, 0.3) is 5.91 Å². The summed E-state index contributed by atoms with van der Waals surface area (Å²) in [6.07, 6.45) is 0. The molecule has 0 aliphatic heterocycles. The molecule has 0 radical (unpaired) electrons. The van der Waals surface area contributed by atoms with Gasteiger partial charge in [-0.1, -0.05) is 24.3 Å². The molecule has 5 heteroatoms. The third-order valence-electron chi connectivity index (χ3n) is 2.46. The third kappa shape index (κ3) is 3.38. The summed E-state index contributed by atoms with van der Waals surface area (Å²) in [6.45, 7) is -0.202. The molecule has 0 fully saturated rings. The van der Waals surface area contributed by atoms with Crippen LogP contribution >= 0.6 is 0 Å². The van der Waals surface area contributed by atoms with E-state index in [2.05, 4.69) is 5.32 Å². The molecule has 0 heterocycles. The normalized spacial score (nSPS) is 9.89. The Labute approximate surface area is 110 Å². The number of aromatic hydroxyl groups is 1. The molecule has 0 aliphatic carbocycles. The van der Waals surface area contributed by atoms with Gasteiger partial charge >= 0.3 is 0 Å². The second kappa shape index (κ2) is 5.77. The number of phenols is 1. The van der Waals surface area contributed by atoms with E-state index in [0.717, 1.165) is 0 Å². The van der Waals surface area contributed by atoms with E-state index in [9.17, 15) is 9.90 Å². The molecule has 0 aromatic heterocycles. The van der Waals surface area contributed by atoms with Crippen LogP contribution in [0.4, 0.5) is 11.4 Å². The number of para-hydroxylation sites is 4. The molecule has 2 aromatic rings. The van der Waals surface area contributed by atoms with Gasteiger partial charge in [-0.15, -0.1) is 0 Å². The van der Waals surface area contributed by atoms with Crippen molar-refractivity contribution >= 4 is 17.3 Å². The number of hydrogen-bond donors (Lipinski definition) is 3. The van der Waals surface area contributed by atoms with Gasteiger partial charge in [0.1, 0.15) is 0 Å². The molecule has 4 N–H and O–H groups in total. The lowest BCUT2D eigenvalue weighted by Crippen LogP contribution is -2.20. The van der Waals surface area contributed by atoms with Crippen molar-refractivity contribution < 1.29 is 14.6 Å². The Morgan fingerprint density at radius 1 is 1.16 bits per heavy atom. The fourth-order valence-corrected chi connectivity index (χ4v) is 1.52. The molecule has 1 amide bonds. The Morgan fingerprint density at radius 2 is 1.84 bits per heavy atom. The van der Waals surface area contributed by atoms with E-state index in [4.69, 9.17) is 10.5 Å². The Morgan fingerprint density at radius 3 is 2.58 bits per heavy atom. The van der Waals surface area contributed by atoms with Crippen LogP contribution in [-0.4, -0.2) is 17.6 Å². The largest absolute Gasteiger partial charge is 0.504 e. The predicted octanol–water partition coefficient (Wildman–Crippen LogP) is 1.99. The van der Waals surface area contributed by atoms with Crippen molar-refractivity contribution in [1.29, 1.82) is 0 Å². The van der Waals surface area contributed by atoms with E-state index in [1.807, 2.05) is 0 Å². The van der Waals surface area contributed by atoms with Gasteiger partial charge in [0.2, 0.25) is 0 Å². The zero-order valence-electron chi connectivity index (χ0n) is 10.2. The van der Waals surface area contributed by atoms with E-state index < -0.39 is 0 Å². The van der Waals surface area contributed by atoms with Crippen LogP contribution in [-0.2, 0) is 4.79 Å². The Kier molecular flexibility index (Phi) is 3.87. The SMILES string of the molecule is Nc1ccccc1NC(=O)COc1ccccc1O. The van der Waals surface area contributed by atoms with Crippen molar-refractivity contribution in [3.05, 3.63) is 48.5 Å². The number of nitrogen functional groups attached to an aromatic ring is 1. The van der Waals surface area contributed by atoms with Gasteiger partial charge in [0, 0.05) is 0 Å². The molecule has 2 rings (SSSR count). The summed E-state index contributed by atoms with van der Waals surface area (Å²) in [5.74, 6) is -0.0886. The first-order valence-electron chi connectivity index (χ1n) is 5.72. The minimum absolute atomic E-state index is 0.00507. The van der Waals surface area contributed by atoms with Gasteiger partial charge in [-0.25, -0.2) is 0 Å². The Balaban J connectivity index is 1.92. The molecule has 0 atom stereocenters. The molecule has 0 spiro atoms. The molecule has 19 heavy (non-hydrogen) atoms. The molecule has 98 valence electrons. The molecule has 5 nitrogen and oxygen atoms in total. The fraction of sp³-hybridized carbons (Fsp3) is 0.0714. The maximum Gasteiger partial charge on any atom is 0.262 e. The number of ether oxygens (including phenoxy) is 1. The van der Waals surface area contributed by atoms with Crippen LogP contribution in [0.15, 0.2) is 48.5 Å². The number of rotatable bonds is 4. The Bertz CT molecular complexity index is 584. The van der Waals surface area contributed by atoms with Crippen molar-refractivity contribution in [2.75, 3.05) is 17.7 Å². The van der Waals surface area contributed by atoms with Crippen molar-refractivity contribution in [2.24, 2.45) is 0 Å². The van der Waals surface area contributed by atoms with Crippen molar-refractivity contribution in [3.8, 4) is 11.5 Å². The highest BCUT2D eigenvalue weighted by Crippen LogP contribution is 2.24. The minimum Gasteiger partial charge on any atom is -0.504 e. The first-order chi connectivity index (χ1) is 9.16. The molecule has 0 aliphatic rings. The van der Waals surface area contributed by atoms with E-state index in [-0.39, 0.29) is 24.0 Å². The summed E-state index contributed by atoms with van der Waals surface area (Å²) >= 11 is 0. The smallest absolute Gasteiger partial charge is 0.262 e. The first kappa shape index (κ1) is 12.8. The monoisotopic (exact) mass is 258 g/mol. The van der Waals surface area contributed by atoms with Gasteiger partial charge in [-0.2, -0.15) is 0 Å². The van der Waals surface area contributed by atoms with Crippen LogP contribution in [0, 0.1) is 0 Å². The maximum atomic E-state index is 11.7. The summed E-state index contributed by atoms with van der Waals surface area (Å²) in [7, 11) is 0. The van der Waals surface area contributed by atoms with Crippen LogP contribution in [0.2, 0.25) is 0 Å². The summed E-state index contributed by atoms with van der Waals surface area (Å²) in [4.78, 5) is 11.7. The average Bonchev–Trinajstić information content (AvgIpc) is 2.40. The molecule has 2 aromatic carbocycles. The topological polar surface area (TPSA) is 84.6 Å². The number of hydrogen-bond acceptors (Lipinski definition) is 4. The predicted molar refractivity (Wildman–Crippen MR) is 73.1 cm³/mol. The zero-order valence-corrected chi connectivity index (χ0v) is 10.2. The van der Waals surface area contributed by atoms with Gasteiger partial charge in [-0.05, 0) is 24.3 Å². The number of benzene rings is 2. The summed E-state index contributed by atoms with van der Waals surface area (Å²) in [5.41, 5.74) is 6.72. The Hall–Kier alpha value is -2.69. The summed E-state index contributed by atoms with van der Waals surface area (Å²) in [5, 5.41) is 12.1. The van der Waals surface area contributed by atoms with Crippen LogP contribution in [0.1, 0.15) is 0 Å². The lowest BCUT2D eigenvalue weighted by molar-refractivity contribution is -0.118. The fourth-order valence-electron chi connectivity index (χ4n) is 1.52. The van der Waals surface area contributed by atoms with Crippen molar-refractivity contribution in [3.63, 3.8) is 0 Å². The average molecular weight is 258 g/mol. The summed E-state index contributed by atoms with van der Waals surface area (Å²) in [6, 6.07) is 13.4. The van der Waals surface area contributed by atoms with Crippen LogP contribution in [0.3, 0.4) is 0 Å². The van der Waals surface area contributed by atoms with E-state index >= 15 is 0 Å². The van der Waals surface area contributed by atoms with E-state index in [0.29, 0.717) is 11.4 Å². The zero-order chi connectivity index (χ0) is 13.7. The molecule has 0 saturated carbocycles. The maximum absolute atomic E-state index is 11.7. The van der Waals surface area contributed by atoms with Crippen LogP contribution in [0.5, 0.6) is 11.5 Å². The standard InChI is InChI=1S/C14H14N2O3/c15-10-5-1-2-6-11(10)16-14(18)9-19-13-8-4-3-7-12(13)17/h1-8,17H,9,15H2,(H,16,18). The lowest BCUT2D eigenvalue weighted by Gasteiger charge is -2.09. The number of anilines is 2. The molecular weight excluding hydrogens is 244 g/mol. The van der Waals surface area contributed by atoms with Gasteiger partial charge < -0.3 is 20.9 Å². The number of nitrogens with one attached hydrogen (secondary N) is 1. The van der Waals surface area contributed by atoms with Gasteiger partial charge in [0.15, 0.2) is 18.1 Å². The van der Waals surface area contributed by atoms with Crippen LogP contribution in [0.25, 0.3) is 0 Å². The lowest BCUT2D eigenvalue weighted by atomic mass is 10.2. The van der Waals surface area contributed by atoms with Crippen molar-refractivity contribution in [1.82, 2.24) is 0 Å². The van der Waals surface area contributed by atoms with Gasteiger partial charge in [0.05, 0.1) is 11.4 Å². The molecule has 0 unspecified atom stereocenters. The minimum atomic E-state index is -0.346. The highest BCUT2D eigenvalue weighted by atomic mass is 16.5. The second-order valence-corrected chi connectivity index (χ2v) is 3.89. The number of nitrogens with two attached hydrogens (primary N) is 1. The highest BCUT2D eigenvalue weighted by molar-refractivity contribution is 5.94. The molecular formula is C14H14N2O3. The number of carbonyl (C=O) groups excluding carboxylic acids is 1. The number of phenolic OH excluding ortho intramolecular Hbond substituents is 1. The third-order valence-corrected chi connectivity index (χ3v) is 2.46. The van der Waals surface area contributed by atoms with E-state index in [1.165, 1.54) is 6.07 Å². The highest BCUT2D eigenvalue weighted by Gasteiger charge is 2.07. The van der Waals surface area contributed by atoms with Crippen molar-refractivity contribution in [2.45, 2.75) is 0 Å². The van der Waals surface area contributed by atoms with E-state index in [1.54, 1.807) is 42.5 Å². The summed E-state index contributed by atoms with van der Waals surface area (Å²) < 4.78 is 5.21. The second-order valence-electron chi connectivity index (χ2n) is 3.89. The quantitative estimate of drug-likeness (QED) is 0.732. The van der Waals surface area contributed by atoms with Gasteiger partial charge in [-0.3, -0.25) is 4.79 Å². The molecule has 0 bridgehead atoms.